The number of aromatic nitrogens is 1. The van der Waals surface area contributed by atoms with Crippen LogP contribution in [0.25, 0.3) is 0 Å². The molecule has 0 bridgehead atoms. The molecular formula is C20H30N4O4. The van der Waals surface area contributed by atoms with Crippen LogP contribution in [0.1, 0.15) is 46.0 Å². The molecule has 1 unspecified atom stereocenters. The number of anilines is 1. The van der Waals surface area contributed by atoms with Crippen LogP contribution in [-0.4, -0.2) is 71.2 Å². The fraction of sp³-hybridized carbons (Fsp3) is 0.750. The summed E-state index contributed by atoms with van der Waals surface area (Å²) in [5.41, 5.74) is -0.751. The van der Waals surface area contributed by atoms with Crippen LogP contribution in [0.15, 0.2) is 16.9 Å². The van der Waals surface area contributed by atoms with Crippen molar-refractivity contribution in [3.63, 3.8) is 0 Å². The molecule has 8 heteroatoms. The third-order valence-electron chi connectivity index (χ3n) is 6.11. The largest absolute Gasteiger partial charge is 0.432 e. The van der Waals surface area contributed by atoms with E-state index >= 15 is 0 Å². The first-order valence-electron chi connectivity index (χ1n) is 10.4. The van der Waals surface area contributed by atoms with Crippen LogP contribution in [-0.2, 0) is 9.53 Å². The van der Waals surface area contributed by atoms with Crippen molar-refractivity contribution in [3.8, 4) is 0 Å². The molecule has 3 fully saturated rings. The van der Waals surface area contributed by atoms with Crippen molar-refractivity contribution in [1.82, 2.24) is 14.8 Å². The molecule has 154 valence electrons. The zero-order valence-electron chi connectivity index (χ0n) is 16.8. The zero-order valence-corrected chi connectivity index (χ0v) is 16.8. The Kier molecular flexibility index (Phi) is 5.31. The Bertz CT molecular complexity index is 691. The summed E-state index contributed by atoms with van der Waals surface area (Å²) in [6.45, 7) is 7.13. The second-order valence-electron chi connectivity index (χ2n) is 8.52. The van der Waals surface area contributed by atoms with Gasteiger partial charge in [-0.25, -0.2) is 9.78 Å². The summed E-state index contributed by atoms with van der Waals surface area (Å²) in [5.74, 6) is 0.239. The van der Waals surface area contributed by atoms with Gasteiger partial charge in [0.05, 0.1) is 18.8 Å². The molecule has 3 amide bonds. The van der Waals surface area contributed by atoms with E-state index in [1.54, 1.807) is 12.5 Å². The minimum absolute atomic E-state index is 0.0369. The summed E-state index contributed by atoms with van der Waals surface area (Å²) in [6, 6.07) is 0.423. The standard InChI is InChI=1S/C20H30N4O4/c1-15(2)13-24-19(26)23(14-16-5-3-4-11-27-16)17(25)20(24)6-9-22(10-7-20)18-21-8-12-28-18/h8,12,15-16H,3-7,9-11,13-14H2,1-2H3. The number of urea groups is 1. The number of rotatable bonds is 5. The lowest BCUT2D eigenvalue weighted by Crippen LogP contribution is -2.57. The molecule has 28 heavy (non-hydrogen) atoms. The van der Waals surface area contributed by atoms with Gasteiger partial charge in [-0.3, -0.25) is 9.69 Å². The van der Waals surface area contributed by atoms with E-state index in [2.05, 4.69) is 18.8 Å². The van der Waals surface area contributed by atoms with Gasteiger partial charge in [0.2, 0.25) is 0 Å². The lowest BCUT2D eigenvalue weighted by molar-refractivity contribution is -0.136. The molecule has 3 aliphatic heterocycles. The quantitative estimate of drug-likeness (QED) is 0.719. The summed E-state index contributed by atoms with van der Waals surface area (Å²) in [6.07, 6.45) is 7.38. The number of hydrogen-bond donors (Lipinski definition) is 0. The number of piperidine rings is 1. The van der Waals surface area contributed by atoms with Crippen LogP contribution >= 0.6 is 0 Å². The van der Waals surface area contributed by atoms with Gasteiger partial charge in [-0.1, -0.05) is 13.8 Å². The van der Waals surface area contributed by atoms with Crippen molar-refractivity contribution in [2.45, 2.75) is 57.6 Å². The van der Waals surface area contributed by atoms with E-state index in [1.807, 2.05) is 9.80 Å². The number of nitrogens with zero attached hydrogens (tertiary/aromatic N) is 4. The van der Waals surface area contributed by atoms with Gasteiger partial charge in [-0.15, -0.1) is 0 Å². The molecule has 3 saturated heterocycles. The van der Waals surface area contributed by atoms with E-state index in [0.29, 0.717) is 57.6 Å². The Morgan fingerprint density at radius 3 is 2.64 bits per heavy atom. The van der Waals surface area contributed by atoms with Gasteiger partial charge in [0, 0.05) is 26.2 Å². The Balaban J connectivity index is 1.53. The van der Waals surface area contributed by atoms with Crippen molar-refractivity contribution in [2.24, 2.45) is 5.92 Å². The van der Waals surface area contributed by atoms with Crippen molar-refractivity contribution >= 4 is 18.0 Å². The number of carbonyl (C=O) groups excluding carboxylic acids is 2. The first kappa shape index (κ1) is 19.2. The highest BCUT2D eigenvalue weighted by Gasteiger charge is 2.58. The van der Waals surface area contributed by atoms with Crippen LogP contribution < -0.4 is 4.90 Å². The molecule has 4 heterocycles. The van der Waals surface area contributed by atoms with Gasteiger partial charge in [-0.05, 0) is 38.0 Å². The monoisotopic (exact) mass is 390 g/mol. The molecular weight excluding hydrogens is 360 g/mol. The van der Waals surface area contributed by atoms with Crippen LogP contribution in [0.4, 0.5) is 10.8 Å². The number of carbonyl (C=O) groups is 2. The fourth-order valence-electron chi connectivity index (χ4n) is 4.64. The number of imide groups is 1. The third kappa shape index (κ3) is 3.38. The molecule has 4 rings (SSSR count). The van der Waals surface area contributed by atoms with Crippen molar-refractivity contribution in [3.05, 3.63) is 12.5 Å². The second-order valence-corrected chi connectivity index (χ2v) is 8.52. The number of ether oxygens (including phenoxy) is 1. The summed E-state index contributed by atoms with van der Waals surface area (Å²) in [7, 11) is 0. The van der Waals surface area contributed by atoms with E-state index in [9.17, 15) is 9.59 Å². The molecule has 0 aromatic carbocycles. The van der Waals surface area contributed by atoms with Gasteiger partial charge in [0.15, 0.2) is 0 Å². The van der Waals surface area contributed by atoms with Crippen LogP contribution in [0.3, 0.4) is 0 Å². The molecule has 0 radical (unpaired) electrons. The average Bonchev–Trinajstić information content (AvgIpc) is 3.29. The Morgan fingerprint density at radius 2 is 2.04 bits per heavy atom. The molecule has 3 aliphatic rings. The van der Waals surface area contributed by atoms with Crippen LogP contribution in [0.2, 0.25) is 0 Å². The molecule has 0 aliphatic carbocycles. The fourth-order valence-corrected chi connectivity index (χ4v) is 4.64. The van der Waals surface area contributed by atoms with Gasteiger partial charge in [0.25, 0.3) is 11.9 Å². The molecule has 1 spiro atoms. The van der Waals surface area contributed by atoms with E-state index in [1.165, 1.54) is 4.90 Å². The SMILES string of the molecule is CC(C)CN1C(=O)N(CC2CCCCO2)C(=O)C12CCN(c1ncco1)CC2. The maximum Gasteiger partial charge on any atom is 0.327 e. The van der Waals surface area contributed by atoms with E-state index in [4.69, 9.17) is 9.15 Å². The lowest BCUT2D eigenvalue weighted by Gasteiger charge is -2.42. The van der Waals surface area contributed by atoms with Gasteiger partial charge in [0.1, 0.15) is 11.8 Å². The predicted molar refractivity (Wildman–Crippen MR) is 103 cm³/mol. The molecule has 0 saturated carbocycles. The lowest BCUT2D eigenvalue weighted by atomic mass is 9.85. The first-order chi connectivity index (χ1) is 13.5. The Morgan fingerprint density at radius 1 is 1.25 bits per heavy atom. The van der Waals surface area contributed by atoms with Gasteiger partial charge >= 0.3 is 6.03 Å². The Labute approximate surface area is 165 Å². The second kappa shape index (κ2) is 7.73. The van der Waals surface area contributed by atoms with Crippen LogP contribution in [0.5, 0.6) is 0 Å². The predicted octanol–water partition coefficient (Wildman–Crippen LogP) is 2.50. The third-order valence-corrected chi connectivity index (χ3v) is 6.11. The number of hydrogen-bond acceptors (Lipinski definition) is 6. The summed E-state index contributed by atoms with van der Waals surface area (Å²) < 4.78 is 11.2. The van der Waals surface area contributed by atoms with Crippen molar-refractivity contribution in [1.29, 1.82) is 0 Å². The highest BCUT2D eigenvalue weighted by atomic mass is 16.5. The molecule has 1 atom stereocenters. The molecule has 0 N–H and O–H groups in total. The number of oxazole rings is 1. The molecule has 1 aromatic heterocycles. The molecule has 8 nitrogen and oxygen atoms in total. The smallest absolute Gasteiger partial charge is 0.327 e. The normalized spacial score (nSPS) is 25.4. The van der Waals surface area contributed by atoms with Crippen LogP contribution in [0, 0.1) is 5.92 Å². The number of amides is 3. The van der Waals surface area contributed by atoms with E-state index < -0.39 is 5.54 Å². The van der Waals surface area contributed by atoms with Crippen molar-refractivity contribution < 1.29 is 18.7 Å². The maximum absolute atomic E-state index is 13.5. The first-order valence-corrected chi connectivity index (χ1v) is 10.4. The summed E-state index contributed by atoms with van der Waals surface area (Å²) in [4.78, 5) is 36.3. The molecule has 1 aromatic rings. The van der Waals surface area contributed by atoms with Gasteiger partial charge in [-0.2, -0.15) is 0 Å². The minimum Gasteiger partial charge on any atom is -0.432 e. The summed E-state index contributed by atoms with van der Waals surface area (Å²) in [5, 5.41) is 0. The van der Waals surface area contributed by atoms with Gasteiger partial charge < -0.3 is 19.0 Å². The van der Waals surface area contributed by atoms with E-state index in [-0.39, 0.29) is 18.0 Å². The van der Waals surface area contributed by atoms with Crippen molar-refractivity contribution in [2.75, 3.05) is 37.7 Å². The topological polar surface area (TPSA) is 79.1 Å². The minimum atomic E-state index is -0.751. The summed E-state index contributed by atoms with van der Waals surface area (Å²) >= 11 is 0. The zero-order chi connectivity index (χ0) is 19.7. The highest BCUT2D eigenvalue weighted by molar-refractivity contribution is 6.07. The Hall–Kier alpha value is -2.09. The average molecular weight is 390 g/mol. The van der Waals surface area contributed by atoms with E-state index in [0.717, 1.165) is 19.3 Å². The maximum atomic E-state index is 13.5. The highest BCUT2D eigenvalue weighted by Crippen LogP contribution is 2.39.